The average Bonchev–Trinajstić information content (AvgIpc) is 2.39. The number of nitrogens with two attached hydrogens (primary N) is 1. The predicted octanol–water partition coefficient (Wildman–Crippen LogP) is 3.45. The lowest BCUT2D eigenvalue weighted by molar-refractivity contribution is 0.300. The summed E-state index contributed by atoms with van der Waals surface area (Å²) < 4.78 is 20.2. The van der Waals surface area contributed by atoms with E-state index in [2.05, 4.69) is 15.9 Å². The minimum Gasteiger partial charge on any atom is -0.489 e. The van der Waals surface area contributed by atoms with E-state index in [0.717, 1.165) is 4.47 Å². The maximum Gasteiger partial charge on any atom is 0.130 e. The molecule has 5 heteroatoms. The van der Waals surface area contributed by atoms with Gasteiger partial charge in [-0.3, -0.25) is 5.41 Å². The largest absolute Gasteiger partial charge is 0.489 e. The van der Waals surface area contributed by atoms with Gasteiger partial charge in [-0.05, 0) is 30.3 Å². The van der Waals surface area contributed by atoms with Crippen molar-refractivity contribution in [3.05, 3.63) is 63.9 Å². The molecular formula is C14H12BrFN2O. The summed E-state index contributed by atoms with van der Waals surface area (Å²) in [5.41, 5.74) is 6.08. The molecule has 0 aliphatic rings. The molecule has 0 aromatic heterocycles. The first-order valence-electron chi connectivity index (χ1n) is 5.57. The van der Waals surface area contributed by atoms with Gasteiger partial charge in [-0.2, -0.15) is 0 Å². The van der Waals surface area contributed by atoms with Crippen molar-refractivity contribution < 1.29 is 9.13 Å². The SMILES string of the molecule is N=C(N)c1ccc(COc2ccc(Br)cc2)c(F)c1. The van der Waals surface area contributed by atoms with Crippen molar-refractivity contribution in [1.82, 2.24) is 0 Å². The molecule has 2 aromatic carbocycles. The molecule has 2 rings (SSSR count). The standard InChI is InChI=1S/C14H12BrFN2O/c15-11-3-5-12(6-4-11)19-8-10-2-1-9(14(17)18)7-13(10)16/h1-7H,8H2,(H3,17,18). The lowest BCUT2D eigenvalue weighted by Gasteiger charge is -2.08. The lowest BCUT2D eigenvalue weighted by Crippen LogP contribution is -2.12. The van der Waals surface area contributed by atoms with Gasteiger partial charge in [0.1, 0.15) is 24.0 Å². The van der Waals surface area contributed by atoms with E-state index in [-0.39, 0.29) is 12.4 Å². The second-order valence-corrected chi connectivity index (χ2v) is 4.88. The minimum atomic E-state index is -0.426. The molecule has 0 bridgehead atoms. The Bertz CT molecular complexity index is 599. The maximum absolute atomic E-state index is 13.7. The van der Waals surface area contributed by atoms with E-state index >= 15 is 0 Å². The summed E-state index contributed by atoms with van der Waals surface area (Å²) in [6, 6.07) is 11.7. The zero-order valence-electron chi connectivity index (χ0n) is 9.99. The number of halogens is 2. The van der Waals surface area contributed by atoms with E-state index in [9.17, 15) is 4.39 Å². The number of benzene rings is 2. The molecule has 0 aliphatic carbocycles. The normalized spacial score (nSPS) is 10.2. The number of amidine groups is 1. The molecule has 3 nitrogen and oxygen atoms in total. The first-order valence-corrected chi connectivity index (χ1v) is 6.37. The van der Waals surface area contributed by atoms with Crippen LogP contribution in [0.5, 0.6) is 5.75 Å². The van der Waals surface area contributed by atoms with Gasteiger partial charge in [0.25, 0.3) is 0 Å². The molecule has 0 fully saturated rings. The highest BCUT2D eigenvalue weighted by molar-refractivity contribution is 9.10. The van der Waals surface area contributed by atoms with E-state index in [4.69, 9.17) is 15.9 Å². The van der Waals surface area contributed by atoms with Gasteiger partial charge >= 0.3 is 0 Å². The van der Waals surface area contributed by atoms with Crippen LogP contribution in [0, 0.1) is 11.2 Å². The molecule has 0 unspecified atom stereocenters. The van der Waals surface area contributed by atoms with Gasteiger partial charge < -0.3 is 10.5 Å². The highest BCUT2D eigenvalue weighted by atomic mass is 79.9. The maximum atomic E-state index is 13.7. The van der Waals surface area contributed by atoms with Crippen LogP contribution in [0.15, 0.2) is 46.9 Å². The number of hydrogen-bond acceptors (Lipinski definition) is 2. The third kappa shape index (κ3) is 3.54. The Morgan fingerprint density at radius 3 is 2.47 bits per heavy atom. The second-order valence-electron chi connectivity index (χ2n) is 3.96. The molecule has 0 aliphatic heterocycles. The molecular weight excluding hydrogens is 311 g/mol. The number of nitrogen functional groups attached to an aromatic ring is 1. The van der Waals surface area contributed by atoms with Crippen molar-refractivity contribution in [3.63, 3.8) is 0 Å². The topological polar surface area (TPSA) is 59.1 Å². The monoisotopic (exact) mass is 322 g/mol. The van der Waals surface area contributed by atoms with Crippen molar-refractivity contribution in [2.75, 3.05) is 0 Å². The Morgan fingerprint density at radius 1 is 1.21 bits per heavy atom. The Labute approximate surface area is 118 Å². The second kappa shape index (κ2) is 5.84. The summed E-state index contributed by atoms with van der Waals surface area (Å²) in [5, 5.41) is 7.23. The van der Waals surface area contributed by atoms with Crippen molar-refractivity contribution in [2.45, 2.75) is 6.61 Å². The Hall–Kier alpha value is -1.88. The fourth-order valence-corrected chi connectivity index (χ4v) is 1.79. The Morgan fingerprint density at radius 2 is 1.89 bits per heavy atom. The van der Waals surface area contributed by atoms with E-state index in [0.29, 0.717) is 16.9 Å². The number of nitrogens with one attached hydrogen (secondary N) is 1. The Kier molecular flexibility index (Phi) is 4.16. The number of hydrogen-bond donors (Lipinski definition) is 2. The van der Waals surface area contributed by atoms with Crippen LogP contribution in [0.25, 0.3) is 0 Å². The number of rotatable bonds is 4. The molecule has 19 heavy (non-hydrogen) atoms. The van der Waals surface area contributed by atoms with Gasteiger partial charge in [-0.1, -0.05) is 28.1 Å². The van der Waals surface area contributed by atoms with E-state index in [1.54, 1.807) is 24.3 Å². The zero-order chi connectivity index (χ0) is 13.8. The third-order valence-corrected chi connectivity index (χ3v) is 3.10. The van der Waals surface area contributed by atoms with Gasteiger partial charge in [-0.15, -0.1) is 0 Å². The molecule has 0 heterocycles. The van der Waals surface area contributed by atoms with Crippen molar-refractivity contribution in [3.8, 4) is 5.75 Å². The van der Waals surface area contributed by atoms with E-state index in [1.165, 1.54) is 6.07 Å². The van der Waals surface area contributed by atoms with Crippen LogP contribution in [0.3, 0.4) is 0 Å². The van der Waals surface area contributed by atoms with Gasteiger partial charge in [0.15, 0.2) is 0 Å². The third-order valence-electron chi connectivity index (χ3n) is 2.57. The highest BCUT2D eigenvalue weighted by Gasteiger charge is 2.06. The first kappa shape index (κ1) is 13.5. The summed E-state index contributed by atoms with van der Waals surface area (Å²) in [6.45, 7) is 0.131. The molecule has 2 aromatic rings. The van der Waals surface area contributed by atoms with Crippen LogP contribution in [0.2, 0.25) is 0 Å². The molecule has 0 atom stereocenters. The predicted molar refractivity (Wildman–Crippen MR) is 75.9 cm³/mol. The smallest absolute Gasteiger partial charge is 0.130 e. The van der Waals surface area contributed by atoms with Crippen LogP contribution < -0.4 is 10.5 Å². The summed E-state index contributed by atoms with van der Waals surface area (Å²) in [6.07, 6.45) is 0. The highest BCUT2D eigenvalue weighted by Crippen LogP contribution is 2.18. The van der Waals surface area contributed by atoms with Crippen LogP contribution in [0.1, 0.15) is 11.1 Å². The minimum absolute atomic E-state index is 0.131. The van der Waals surface area contributed by atoms with Gasteiger partial charge in [-0.25, -0.2) is 4.39 Å². The molecule has 3 N–H and O–H groups in total. The summed E-state index contributed by atoms with van der Waals surface area (Å²) >= 11 is 3.33. The van der Waals surface area contributed by atoms with Crippen LogP contribution >= 0.6 is 15.9 Å². The fourth-order valence-electron chi connectivity index (χ4n) is 1.52. The Balaban J connectivity index is 2.07. The zero-order valence-corrected chi connectivity index (χ0v) is 11.6. The average molecular weight is 323 g/mol. The van der Waals surface area contributed by atoms with E-state index < -0.39 is 5.82 Å². The van der Waals surface area contributed by atoms with Crippen LogP contribution in [-0.2, 0) is 6.61 Å². The van der Waals surface area contributed by atoms with Crippen LogP contribution in [-0.4, -0.2) is 5.84 Å². The van der Waals surface area contributed by atoms with Crippen molar-refractivity contribution in [2.24, 2.45) is 5.73 Å². The van der Waals surface area contributed by atoms with Gasteiger partial charge in [0, 0.05) is 15.6 Å². The summed E-state index contributed by atoms with van der Waals surface area (Å²) in [7, 11) is 0. The van der Waals surface area contributed by atoms with Gasteiger partial charge in [0.05, 0.1) is 0 Å². The fraction of sp³-hybridized carbons (Fsp3) is 0.0714. The molecule has 0 saturated carbocycles. The summed E-state index contributed by atoms with van der Waals surface area (Å²) in [4.78, 5) is 0. The van der Waals surface area contributed by atoms with Crippen LogP contribution in [0.4, 0.5) is 4.39 Å². The molecule has 0 spiro atoms. The van der Waals surface area contributed by atoms with E-state index in [1.807, 2.05) is 12.1 Å². The van der Waals surface area contributed by atoms with Crippen molar-refractivity contribution >= 4 is 21.8 Å². The molecule has 0 radical (unpaired) electrons. The molecule has 0 amide bonds. The summed E-state index contributed by atoms with van der Waals surface area (Å²) in [5.74, 6) is 0.0855. The van der Waals surface area contributed by atoms with Crippen molar-refractivity contribution in [1.29, 1.82) is 5.41 Å². The number of ether oxygens (including phenoxy) is 1. The quantitative estimate of drug-likeness (QED) is 0.669. The van der Waals surface area contributed by atoms with Gasteiger partial charge in [0.2, 0.25) is 0 Å². The first-order chi connectivity index (χ1) is 9.06. The molecule has 98 valence electrons. The lowest BCUT2D eigenvalue weighted by atomic mass is 10.1. The molecule has 0 saturated heterocycles.